The van der Waals surface area contributed by atoms with Crippen LogP contribution in [0.25, 0.3) is 6.08 Å². The molecule has 4 heteroatoms. The number of ketones is 1. The Hall–Kier alpha value is -1.97. The summed E-state index contributed by atoms with van der Waals surface area (Å²) in [7, 11) is 1.22. The number of rotatable bonds is 4. The number of carbonyl (C=O) groups excluding carboxylic acids is 2. The lowest BCUT2D eigenvalue weighted by molar-refractivity contribution is -0.142. The first-order chi connectivity index (χ1) is 7.61. The fourth-order valence-electron chi connectivity index (χ4n) is 1.04. The van der Waals surface area contributed by atoms with E-state index in [-0.39, 0.29) is 18.0 Å². The van der Waals surface area contributed by atoms with Crippen molar-refractivity contribution in [3.8, 4) is 0 Å². The van der Waals surface area contributed by atoms with Gasteiger partial charge in [0, 0.05) is 0 Å². The summed E-state index contributed by atoms with van der Waals surface area (Å²) in [6.45, 7) is 0. The zero-order valence-electron chi connectivity index (χ0n) is 8.77. The summed E-state index contributed by atoms with van der Waals surface area (Å²) in [5, 5.41) is 0. The Kier molecular flexibility index (Phi) is 4.39. The van der Waals surface area contributed by atoms with Crippen molar-refractivity contribution >= 4 is 17.8 Å². The van der Waals surface area contributed by atoms with Crippen molar-refractivity contribution in [3.05, 3.63) is 41.7 Å². The normalized spacial score (nSPS) is 10.4. The molecule has 0 spiro atoms. The van der Waals surface area contributed by atoms with E-state index in [0.717, 1.165) is 0 Å². The Bertz CT molecular complexity index is 407. The van der Waals surface area contributed by atoms with Gasteiger partial charge in [-0.2, -0.15) is 0 Å². The highest BCUT2D eigenvalue weighted by molar-refractivity contribution is 6.03. The van der Waals surface area contributed by atoms with Crippen LogP contribution < -0.4 is 0 Å². The minimum atomic E-state index is -0.575. The standard InChI is InChI=1S/C12H11FO3/c1-16-12(15)8-11(14)7-4-9-2-5-10(13)6-3-9/h2-7H,8H2,1H3/b7-4+. The lowest BCUT2D eigenvalue weighted by Gasteiger charge is -1.95. The fraction of sp³-hybridized carbons (Fsp3) is 0.167. The Morgan fingerprint density at radius 1 is 1.31 bits per heavy atom. The number of esters is 1. The first-order valence-electron chi connectivity index (χ1n) is 4.65. The van der Waals surface area contributed by atoms with Crippen molar-refractivity contribution < 1.29 is 18.7 Å². The Morgan fingerprint density at radius 2 is 1.94 bits per heavy atom. The van der Waals surface area contributed by atoms with Gasteiger partial charge >= 0.3 is 5.97 Å². The third kappa shape index (κ3) is 4.04. The molecule has 1 aromatic carbocycles. The molecule has 84 valence electrons. The van der Waals surface area contributed by atoms with Crippen molar-refractivity contribution in [1.82, 2.24) is 0 Å². The SMILES string of the molecule is COC(=O)CC(=O)/C=C/c1ccc(F)cc1. The third-order valence-electron chi connectivity index (χ3n) is 1.88. The smallest absolute Gasteiger partial charge is 0.313 e. The van der Waals surface area contributed by atoms with Crippen LogP contribution in [0.2, 0.25) is 0 Å². The van der Waals surface area contributed by atoms with Crippen molar-refractivity contribution in [1.29, 1.82) is 0 Å². The predicted octanol–water partition coefficient (Wildman–Crippen LogP) is 1.97. The van der Waals surface area contributed by atoms with E-state index >= 15 is 0 Å². The Labute approximate surface area is 92.5 Å². The van der Waals surface area contributed by atoms with Crippen LogP contribution in [0.3, 0.4) is 0 Å². The second kappa shape index (κ2) is 5.80. The van der Waals surface area contributed by atoms with Gasteiger partial charge in [-0.15, -0.1) is 0 Å². The van der Waals surface area contributed by atoms with Crippen LogP contribution in [0, 0.1) is 5.82 Å². The molecule has 0 heterocycles. The van der Waals surface area contributed by atoms with Gasteiger partial charge < -0.3 is 4.74 Å². The van der Waals surface area contributed by atoms with E-state index in [1.165, 1.54) is 43.5 Å². The average molecular weight is 222 g/mol. The van der Waals surface area contributed by atoms with E-state index in [1.54, 1.807) is 0 Å². The molecule has 0 saturated carbocycles. The summed E-state index contributed by atoms with van der Waals surface area (Å²) in [4.78, 5) is 21.9. The highest BCUT2D eigenvalue weighted by atomic mass is 19.1. The van der Waals surface area contributed by atoms with Gasteiger partial charge in [-0.25, -0.2) is 4.39 Å². The summed E-state index contributed by atoms with van der Waals surface area (Å²) < 4.78 is 16.9. The van der Waals surface area contributed by atoms with Crippen LogP contribution in [-0.2, 0) is 14.3 Å². The largest absolute Gasteiger partial charge is 0.469 e. The number of allylic oxidation sites excluding steroid dienone is 1. The molecule has 3 nitrogen and oxygen atoms in total. The molecule has 0 atom stereocenters. The molecule has 0 amide bonds. The van der Waals surface area contributed by atoms with Gasteiger partial charge in [-0.3, -0.25) is 9.59 Å². The highest BCUT2D eigenvalue weighted by Crippen LogP contribution is 2.05. The minimum absolute atomic E-state index is 0.284. The molecule has 0 aromatic heterocycles. The topological polar surface area (TPSA) is 43.4 Å². The van der Waals surface area contributed by atoms with E-state index < -0.39 is 5.97 Å². The second-order valence-corrected chi connectivity index (χ2v) is 3.10. The van der Waals surface area contributed by atoms with Crippen molar-refractivity contribution in [3.63, 3.8) is 0 Å². The van der Waals surface area contributed by atoms with Crippen LogP contribution in [-0.4, -0.2) is 18.9 Å². The van der Waals surface area contributed by atoms with Crippen molar-refractivity contribution in [2.75, 3.05) is 7.11 Å². The molecule has 0 aliphatic rings. The zero-order chi connectivity index (χ0) is 12.0. The van der Waals surface area contributed by atoms with Gasteiger partial charge in [0.15, 0.2) is 5.78 Å². The summed E-state index contributed by atoms with van der Waals surface area (Å²) in [6.07, 6.45) is 2.50. The van der Waals surface area contributed by atoms with Crippen LogP contribution in [0.5, 0.6) is 0 Å². The van der Waals surface area contributed by atoms with Crippen molar-refractivity contribution in [2.45, 2.75) is 6.42 Å². The lowest BCUT2D eigenvalue weighted by atomic mass is 10.2. The van der Waals surface area contributed by atoms with Gasteiger partial charge in [-0.05, 0) is 23.8 Å². The first-order valence-corrected chi connectivity index (χ1v) is 4.65. The second-order valence-electron chi connectivity index (χ2n) is 3.10. The fourth-order valence-corrected chi connectivity index (χ4v) is 1.04. The Balaban J connectivity index is 2.56. The maximum Gasteiger partial charge on any atom is 0.313 e. The molecule has 16 heavy (non-hydrogen) atoms. The molecular weight excluding hydrogens is 211 g/mol. The molecule has 1 rings (SSSR count). The monoisotopic (exact) mass is 222 g/mol. The molecule has 0 aliphatic heterocycles. The van der Waals surface area contributed by atoms with E-state index in [4.69, 9.17) is 0 Å². The van der Waals surface area contributed by atoms with E-state index in [2.05, 4.69) is 4.74 Å². The molecule has 0 N–H and O–H groups in total. The maximum absolute atomic E-state index is 12.6. The van der Waals surface area contributed by atoms with Gasteiger partial charge in [0.05, 0.1) is 7.11 Å². The molecule has 0 radical (unpaired) electrons. The third-order valence-corrected chi connectivity index (χ3v) is 1.88. The lowest BCUT2D eigenvalue weighted by Crippen LogP contribution is -2.06. The predicted molar refractivity (Wildman–Crippen MR) is 57.1 cm³/mol. The Morgan fingerprint density at radius 3 is 2.50 bits per heavy atom. The number of ether oxygens (including phenoxy) is 1. The zero-order valence-corrected chi connectivity index (χ0v) is 8.77. The minimum Gasteiger partial charge on any atom is -0.469 e. The maximum atomic E-state index is 12.6. The van der Waals surface area contributed by atoms with Crippen molar-refractivity contribution in [2.24, 2.45) is 0 Å². The summed E-state index contributed by atoms with van der Waals surface area (Å²) in [6, 6.07) is 5.67. The molecule has 0 bridgehead atoms. The number of hydrogen-bond donors (Lipinski definition) is 0. The van der Waals surface area contributed by atoms with Gasteiger partial charge in [-0.1, -0.05) is 18.2 Å². The summed E-state index contributed by atoms with van der Waals surface area (Å²) in [5.74, 6) is -1.26. The number of hydrogen-bond acceptors (Lipinski definition) is 3. The summed E-state index contributed by atoms with van der Waals surface area (Å²) >= 11 is 0. The van der Waals surface area contributed by atoms with Gasteiger partial charge in [0.25, 0.3) is 0 Å². The quantitative estimate of drug-likeness (QED) is 0.444. The number of carbonyl (C=O) groups is 2. The van der Waals surface area contributed by atoms with Crippen LogP contribution in [0.4, 0.5) is 4.39 Å². The number of methoxy groups -OCH3 is 1. The highest BCUT2D eigenvalue weighted by Gasteiger charge is 2.05. The molecule has 0 aliphatic carbocycles. The summed E-state index contributed by atoms with van der Waals surface area (Å²) in [5.41, 5.74) is 0.694. The first kappa shape index (κ1) is 12.1. The van der Waals surface area contributed by atoms with Crippen LogP contribution in [0.15, 0.2) is 30.3 Å². The van der Waals surface area contributed by atoms with Gasteiger partial charge in [0.1, 0.15) is 12.2 Å². The molecular formula is C12H11FO3. The van der Waals surface area contributed by atoms with E-state index in [0.29, 0.717) is 5.56 Å². The number of benzene rings is 1. The molecule has 1 aromatic rings. The van der Waals surface area contributed by atoms with E-state index in [9.17, 15) is 14.0 Å². The molecule has 0 saturated heterocycles. The van der Waals surface area contributed by atoms with E-state index in [1.807, 2.05) is 0 Å². The average Bonchev–Trinajstić information content (AvgIpc) is 2.28. The van der Waals surface area contributed by atoms with Gasteiger partial charge in [0.2, 0.25) is 0 Å². The van der Waals surface area contributed by atoms with Crippen LogP contribution >= 0.6 is 0 Å². The molecule has 0 unspecified atom stereocenters. The van der Waals surface area contributed by atoms with Crippen LogP contribution in [0.1, 0.15) is 12.0 Å². The molecule has 0 fully saturated rings. The number of halogens is 1.